The smallest absolute Gasteiger partial charge is 0.259 e. The molecule has 1 amide bonds. The molecule has 1 aliphatic rings. The minimum atomic E-state index is -0.236. The number of phenols is 1. The Morgan fingerprint density at radius 1 is 1.33 bits per heavy atom. The molecular formula is C16H16N2O3. The summed E-state index contributed by atoms with van der Waals surface area (Å²) >= 11 is 0. The Morgan fingerprint density at radius 2 is 2.19 bits per heavy atom. The summed E-state index contributed by atoms with van der Waals surface area (Å²) in [5.41, 5.74) is 2.67. The molecule has 0 saturated carbocycles. The predicted molar refractivity (Wildman–Crippen MR) is 81.2 cm³/mol. The van der Waals surface area contributed by atoms with E-state index in [4.69, 9.17) is 4.74 Å². The van der Waals surface area contributed by atoms with Crippen LogP contribution < -0.4 is 15.4 Å². The Labute approximate surface area is 122 Å². The van der Waals surface area contributed by atoms with E-state index in [-0.39, 0.29) is 11.7 Å². The topological polar surface area (TPSA) is 70.6 Å². The van der Waals surface area contributed by atoms with Crippen LogP contribution in [0.25, 0.3) is 0 Å². The SMILES string of the molecule is Cc1cc(NC(=O)c2cccc3c2OCCN3)ccc1O. The molecule has 21 heavy (non-hydrogen) atoms. The number of benzene rings is 2. The molecular weight excluding hydrogens is 268 g/mol. The quantitative estimate of drug-likeness (QED) is 0.742. The molecule has 3 rings (SSSR count). The summed E-state index contributed by atoms with van der Waals surface area (Å²) in [6.07, 6.45) is 0. The molecule has 0 saturated heterocycles. The van der Waals surface area contributed by atoms with Crippen molar-refractivity contribution in [1.82, 2.24) is 0 Å². The molecule has 1 heterocycles. The molecule has 2 aromatic rings. The second kappa shape index (κ2) is 5.36. The van der Waals surface area contributed by atoms with Crippen LogP contribution in [0.5, 0.6) is 11.5 Å². The predicted octanol–water partition coefficient (Wildman–Crippen LogP) is 2.76. The van der Waals surface area contributed by atoms with Crippen molar-refractivity contribution in [3.63, 3.8) is 0 Å². The zero-order chi connectivity index (χ0) is 14.8. The Bertz CT molecular complexity index is 698. The standard InChI is InChI=1S/C16H16N2O3/c1-10-9-11(5-6-14(10)19)18-16(20)12-3-2-4-13-15(12)21-8-7-17-13/h2-6,9,17,19H,7-8H2,1H3,(H,18,20). The number of para-hydroxylation sites is 1. The van der Waals surface area contributed by atoms with Crippen LogP contribution in [0.2, 0.25) is 0 Å². The average molecular weight is 284 g/mol. The van der Waals surface area contributed by atoms with Crippen LogP contribution in [-0.4, -0.2) is 24.2 Å². The third-order valence-electron chi connectivity index (χ3n) is 3.38. The lowest BCUT2D eigenvalue weighted by molar-refractivity contribution is 0.102. The average Bonchev–Trinajstić information content (AvgIpc) is 2.50. The largest absolute Gasteiger partial charge is 0.508 e. The summed E-state index contributed by atoms with van der Waals surface area (Å²) in [5, 5.41) is 15.5. The molecule has 0 unspecified atom stereocenters. The Morgan fingerprint density at radius 3 is 3.00 bits per heavy atom. The fourth-order valence-corrected chi connectivity index (χ4v) is 2.28. The number of nitrogens with one attached hydrogen (secondary N) is 2. The van der Waals surface area contributed by atoms with Crippen molar-refractivity contribution in [1.29, 1.82) is 0 Å². The maximum Gasteiger partial charge on any atom is 0.259 e. The van der Waals surface area contributed by atoms with Gasteiger partial charge in [0, 0.05) is 12.2 Å². The number of aryl methyl sites for hydroxylation is 1. The van der Waals surface area contributed by atoms with E-state index in [0.29, 0.717) is 29.2 Å². The maximum atomic E-state index is 12.4. The molecule has 0 spiro atoms. The highest BCUT2D eigenvalue weighted by atomic mass is 16.5. The second-order valence-corrected chi connectivity index (χ2v) is 4.91. The van der Waals surface area contributed by atoms with Crippen LogP contribution >= 0.6 is 0 Å². The number of carbonyl (C=O) groups is 1. The van der Waals surface area contributed by atoms with Gasteiger partial charge in [-0.1, -0.05) is 6.07 Å². The third-order valence-corrected chi connectivity index (χ3v) is 3.38. The van der Waals surface area contributed by atoms with E-state index >= 15 is 0 Å². The van der Waals surface area contributed by atoms with Gasteiger partial charge < -0.3 is 20.5 Å². The number of phenolic OH excluding ortho intramolecular Hbond substituents is 1. The maximum absolute atomic E-state index is 12.4. The highest BCUT2D eigenvalue weighted by molar-refractivity contribution is 6.07. The summed E-state index contributed by atoms with van der Waals surface area (Å²) in [4.78, 5) is 12.4. The van der Waals surface area contributed by atoms with E-state index in [9.17, 15) is 9.90 Å². The molecule has 0 fully saturated rings. The molecule has 0 atom stereocenters. The van der Waals surface area contributed by atoms with Crippen LogP contribution in [-0.2, 0) is 0 Å². The molecule has 2 aromatic carbocycles. The van der Waals surface area contributed by atoms with E-state index in [0.717, 1.165) is 12.2 Å². The van der Waals surface area contributed by atoms with Crippen LogP contribution in [0.15, 0.2) is 36.4 Å². The number of anilines is 2. The molecule has 3 N–H and O–H groups in total. The van der Waals surface area contributed by atoms with Gasteiger partial charge in [-0.25, -0.2) is 0 Å². The highest BCUT2D eigenvalue weighted by Gasteiger charge is 2.19. The summed E-state index contributed by atoms with van der Waals surface area (Å²) in [6.45, 7) is 3.05. The Hall–Kier alpha value is -2.69. The van der Waals surface area contributed by atoms with Crippen LogP contribution in [0, 0.1) is 6.92 Å². The number of hydrogen-bond acceptors (Lipinski definition) is 4. The molecule has 0 aromatic heterocycles. The zero-order valence-electron chi connectivity index (χ0n) is 11.6. The number of fused-ring (bicyclic) bond motifs is 1. The van der Waals surface area contributed by atoms with Gasteiger partial charge in [-0.15, -0.1) is 0 Å². The van der Waals surface area contributed by atoms with Crippen molar-refractivity contribution in [3.8, 4) is 11.5 Å². The number of aromatic hydroxyl groups is 1. The minimum absolute atomic E-state index is 0.206. The van der Waals surface area contributed by atoms with Crippen molar-refractivity contribution >= 4 is 17.3 Å². The number of amides is 1. The third kappa shape index (κ3) is 2.63. The van der Waals surface area contributed by atoms with Crippen molar-refractivity contribution in [2.24, 2.45) is 0 Å². The first-order valence-corrected chi connectivity index (χ1v) is 6.76. The fraction of sp³-hybridized carbons (Fsp3) is 0.188. The fourth-order valence-electron chi connectivity index (χ4n) is 2.28. The molecule has 5 nitrogen and oxygen atoms in total. The van der Waals surface area contributed by atoms with Crippen molar-refractivity contribution in [2.45, 2.75) is 6.92 Å². The van der Waals surface area contributed by atoms with Crippen molar-refractivity contribution in [2.75, 3.05) is 23.8 Å². The van der Waals surface area contributed by atoms with Gasteiger partial charge in [-0.2, -0.15) is 0 Å². The summed E-state index contributed by atoms with van der Waals surface area (Å²) < 4.78 is 5.59. The number of carbonyl (C=O) groups excluding carboxylic acids is 1. The molecule has 108 valence electrons. The van der Waals surface area contributed by atoms with Crippen LogP contribution in [0.1, 0.15) is 15.9 Å². The lowest BCUT2D eigenvalue weighted by atomic mass is 10.1. The van der Waals surface area contributed by atoms with Gasteiger partial charge in [0.1, 0.15) is 12.4 Å². The second-order valence-electron chi connectivity index (χ2n) is 4.91. The monoisotopic (exact) mass is 284 g/mol. The van der Waals surface area contributed by atoms with Gasteiger partial charge in [-0.05, 0) is 42.8 Å². The van der Waals surface area contributed by atoms with E-state index in [1.54, 1.807) is 31.2 Å². The van der Waals surface area contributed by atoms with Crippen LogP contribution in [0.3, 0.4) is 0 Å². The highest BCUT2D eigenvalue weighted by Crippen LogP contribution is 2.31. The molecule has 0 aliphatic carbocycles. The summed E-state index contributed by atoms with van der Waals surface area (Å²) in [5.74, 6) is 0.551. The van der Waals surface area contributed by atoms with Gasteiger partial charge in [0.15, 0.2) is 5.75 Å². The number of ether oxygens (including phenoxy) is 1. The molecule has 0 bridgehead atoms. The van der Waals surface area contributed by atoms with E-state index in [1.165, 1.54) is 0 Å². The molecule has 1 aliphatic heterocycles. The van der Waals surface area contributed by atoms with Crippen molar-refractivity contribution < 1.29 is 14.6 Å². The Balaban J connectivity index is 1.87. The van der Waals surface area contributed by atoms with E-state index in [1.807, 2.05) is 12.1 Å². The summed E-state index contributed by atoms with van der Waals surface area (Å²) in [7, 11) is 0. The first kappa shape index (κ1) is 13.3. The van der Waals surface area contributed by atoms with Gasteiger partial charge >= 0.3 is 0 Å². The lowest BCUT2D eigenvalue weighted by Gasteiger charge is -2.21. The number of rotatable bonds is 2. The van der Waals surface area contributed by atoms with Gasteiger partial charge in [0.25, 0.3) is 5.91 Å². The normalized spacial score (nSPS) is 12.8. The zero-order valence-corrected chi connectivity index (χ0v) is 11.6. The molecule has 0 radical (unpaired) electrons. The first-order valence-electron chi connectivity index (χ1n) is 6.76. The van der Waals surface area contributed by atoms with Gasteiger partial charge in [0.2, 0.25) is 0 Å². The molecule has 5 heteroatoms. The van der Waals surface area contributed by atoms with Crippen molar-refractivity contribution in [3.05, 3.63) is 47.5 Å². The van der Waals surface area contributed by atoms with Gasteiger partial charge in [-0.3, -0.25) is 4.79 Å². The lowest BCUT2D eigenvalue weighted by Crippen LogP contribution is -2.21. The van der Waals surface area contributed by atoms with E-state index in [2.05, 4.69) is 10.6 Å². The van der Waals surface area contributed by atoms with Gasteiger partial charge in [0.05, 0.1) is 11.3 Å². The summed E-state index contributed by atoms with van der Waals surface area (Å²) in [6, 6.07) is 10.4. The number of hydrogen-bond donors (Lipinski definition) is 3. The van der Waals surface area contributed by atoms with Crippen LogP contribution in [0.4, 0.5) is 11.4 Å². The first-order chi connectivity index (χ1) is 10.1. The Kier molecular flexibility index (Phi) is 3.39. The minimum Gasteiger partial charge on any atom is -0.508 e. The van der Waals surface area contributed by atoms with E-state index < -0.39 is 0 Å².